The van der Waals surface area contributed by atoms with E-state index in [1.165, 1.54) is 11.8 Å². The standard InChI is InChI=1S/C8H7NO2S/c9-8(10)5-4-12-6-2-1-3-11-7(5)6/h1-4,7H,(H2,9,10)/t7-/m1/s1. The van der Waals surface area contributed by atoms with Crippen LogP contribution in [-0.2, 0) is 9.53 Å². The number of amides is 1. The van der Waals surface area contributed by atoms with Crippen LogP contribution >= 0.6 is 11.8 Å². The van der Waals surface area contributed by atoms with Gasteiger partial charge in [-0.05, 0) is 17.6 Å². The van der Waals surface area contributed by atoms with Crippen molar-refractivity contribution in [3.63, 3.8) is 0 Å². The molecule has 1 atom stereocenters. The number of rotatable bonds is 1. The number of allylic oxidation sites excluding steroid dienone is 2. The summed E-state index contributed by atoms with van der Waals surface area (Å²) in [6, 6.07) is 0. The van der Waals surface area contributed by atoms with Crippen LogP contribution < -0.4 is 5.73 Å². The molecule has 0 fully saturated rings. The molecule has 12 heavy (non-hydrogen) atoms. The molecule has 0 saturated heterocycles. The predicted molar refractivity (Wildman–Crippen MR) is 47.0 cm³/mol. The molecule has 1 amide bonds. The number of thioether (sulfide) groups is 1. The lowest BCUT2D eigenvalue weighted by Crippen LogP contribution is -2.24. The fourth-order valence-corrected chi connectivity index (χ4v) is 2.09. The molecule has 2 N–H and O–H groups in total. The Morgan fingerprint density at radius 1 is 1.67 bits per heavy atom. The van der Waals surface area contributed by atoms with Crippen LogP contribution in [-0.4, -0.2) is 12.0 Å². The first-order chi connectivity index (χ1) is 5.79. The highest BCUT2D eigenvalue weighted by atomic mass is 32.2. The predicted octanol–water partition coefficient (Wildman–Crippen LogP) is 0.899. The van der Waals surface area contributed by atoms with Crippen LogP contribution in [0.1, 0.15) is 0 Å². The summed E-state index contributed by atoms with van der Waals surface area (Å²) in [4.78, 5) is 11.9. The van der Waals surface area contributed by atoms with Crippen molar-refractivity contribution >= 4 is 17.7 Å². The molecule has 0 bridgehead atoms. The molecule has 2 aliphatic rings. The van der Waals surface area contributed by atoms with Crippen molar-refractivity contribution in [1.29, 1.82) is 0 Å². The minimum atomic E-state index is -0.411. The molecule has 0 saturated carbocycles. The summed E-state index contributed by atoms with van der Waals surface area (Å²) in [6.45, 7) is 0. The number of primary amides is 1. The Kier molecular flexibility index (Phi) is 1.69. The Hall–Kier alpha value is -1.16. The Morgan fingerprint density at radius 3 is 3.25 bits per heavy atom. The fraction of sp³-hybridized carbons (Fsp3) is 0.125. The number of hydrogen-bond acceptors (Lipinski definition) is 3. The Balaban J connectivity index is 2.28. The van der Waals surface area contributed by atoms with Gasteiger partial charge in [0.05, 0.1) is 11.8 Å². The zero-order valence-electron chi connectivity index (χ0n) is 6.19. The second-order valence-electron chi connectivity index (χ2n) is 2.47. The van der Waals surface area contributed by atoms with Gasteiger partial charge in [-0.3, -0.25) is 4.79 Å². The maximum atomic E-state index is 10.9. The van der Waals surface area contributed by atoms with E-state index in [4.69, 9.17) is 10.5 Å². The van der Waals surface area contributed by atoms with E-state index in [-0.39, 0.29) is 6.10 Å². The van der Waals surface area contributed by atoms with Crippen LogP contribution in [0.25, 0.3) is 0 Å². The van der Waals surface area contributed by atoms with E-state index in [2.05, 4.69) is 0 Å². The lowest BCUT2D eigenvalue weighted by atomic mass is 10.1. The van der Waals surface area contributed by atoms with Crippen molar-refractivity contribution in [2.24, 2.45) is 5.73 Å². The topological polar surface area (TPSA) is 52.3 Å². The summed E-state index contributed by atoms with van der Waals surface area (Å²) < 4.78 is 5.24. The van der Waals surface area contributed by atoms with Crippen LogP contribution in [0.5, 0.6) is 0 Å². The van der Waals surface area contributed by atoms with Gasteiger partial charge < -0.3 is 10.5 Å². The molecule has 0 aromatic carbocycles. The zero-order valence-corrected chi connectivity index (χ0v) is 7.01. The van der Waals surface area contributed by atoms with Crippen LogP contribution in [0.4, 0.5) is 0 Å². The number of carbonyl (C=O) groups is 1. The SMILES string of the molecule is NC(=O)C1=CSC2=CC=CO[C@@H]21. The lowest BCUT2D eigenvalue weighted by molar-refractivity contribution is -0.115. The molecular formula is C8H7NO2S. The van der Waals surface area contributed by atoms with Gasteiger partial charge in [0.15, 0.2) is 6.10 Å². The molecule has 4 heteroatoms. The Morgan fingerprint density at radius 2 is 2.50 bits per heavy atom. The summed E-state index contributed by atoms with van der Waals surface area (Å²) in [5.74, 6) is -0.411. The summed E-state index contributed by atoms with van der Waals surface area (Å²) >= 11 is 1.48. The maximum absolute atomic E-state index is 10.9. The quantitative estimate of drug-likeness (QED) is 0.653. The molecule has 62 valence electrons. The highest BCUT2D eigenvalue weighted by Gasteiger charge is 2.30. The highest BCUT2D eigenvalue weighted by molar-refractivity contribution is 8.06. The van der Waals surface area contributed by atoms with E-state index in [1.54, 1.807) is 17.7 Å². The molecular weight excluding hydrogens is 174 g/mol. The second-order valence-corrected chi connectivity index (χ2v) is 3.41. The average Bonchev–Trinajstić information content (AvgIpc) is 2.47. The molecule has 0 aliphatic carbocycles. The Bertz CT molecular complexity index is 317. The number of fused-ring (bicyclic) bond motifs is 1. The smallest absolute Gasteiger partial charge is 0.249 e. The van der Waals surface area contributed by atoms with E-state index < -0.39 is 5.91 Å². The Labute approximate surface area is 74.0 Å². The van der Waals surface area contributed by atoms with Gasteiger partial charge >= 0.3 is 0 Å². The minimum absolute atomic E-state index is 0.252. The third-order valence-corrected chi connectivity index (χ3v) is 2.70. The molecule has 0 spiro atoms. The molecule has 0 radical (unpaired) electrons. The van der Waals surface area contributed by atoms with Gasteiger partial charge in [-0.25, -0.2) is 0 Å². The first-order valence-electron chi connectivity index (χ1n) is 3.48. The zero-order chi connectivity index (χ0) is 8.55. The third-order valence-electron chi connectivity index (χ3n) is 1.70. The molecule has 0 aromatic rings. The van der Waals surface area contributed by atoms with Crippen molar-refractivity contribution in [3.8, 4) is 0 Å². The van der Waals surface area contributed by atoms with Crippen molar-refractivity contribution < 1.29 is 9.53 Å². The number of ether oxygens (including phenoxy) is 1. The number of hydrogen-bond donors (Lipinski definition) is 1. The summed E-state index contributed by atoms with van der Waals surface area (Å²) in [5.41, 5.74) is 5.69. The third kappa shape index (κ3) is 1.04. The highest BCUT2D eigenvalue weighted by Crippen LogP contribution is 2.37. The van der Waals surface area contributed by atoms with E-state index >= 15 is 0 Å². The van der Waals surface area contributed by atoms with E-state index in [0.717, 1.165) is 4.91 Å². The van der Waals surface area contributed by atoms with Crippen molar-refractivity contribution in [1.82, 2.24) is 0 Å². The van der Waals surface area contributed by atoms with E-state index in [9.17, 15) is 4.79 Å². The van der Waals surface area contributed by atoms with Crippen molar-refractivity contribution in [2.45, 2.75) is 6.10 Å². The average molecular weight is 181 g/mol. The van der Waals surface area contributed by atoms with Gasteiger partial charge in [-0.1, -0.05) is 11.8 Å². The second kappa shape index (κ2) is 2.71. The van der Waals surface area contributed by atoms with Crippen molar-refractivity contribution in [3.05, 3.63) is 34.3 Å². The van der Waals surface area contributed by atoms with Gasteiger partial charge in [0.2, 0.25) is 5.91 Å². The van der Waals surface area contributed by atoms with Crippen LogP contribution in [0, 0.1) is 0 Å². The molecule has 0 aromatic heterocycles. The monoisotopic (exact) mass is 181 g/mol. The maximum Gasteiger partial charge on any atom is 0.249 e. The summed E-state index contributed by atoms with van der Waals surface area (Å²) in [7, 11) is 0. The fourth-order valence-electron chi connectivity index (χ4n) is 1.12. The molecule has 3 nitrogen and oxygen atoms in total. The molecule has 2 heterocycles. The lowest BCUT2D eigenvalue weighted by Gasteiger charge is -2.16. The van der Waals surface area contributed by atoms with Gasteiger partial charge in [-0.2, -0.15) is 0 Å². The normalized spacial score (nSPS) is 25.5. The summed E-state index contributed by atoms with van der Waals surface area (Å²) in [6.07, 6.45) is 5.04. The first-order valence-corrected chi connectivity index (χ1v) is 4.36. The van der Waals surface area contributed by atoms with Crippen LogP contribution in [0.2, 0.25) is 0 Å². The van der Waals surface area contributed by atoms with E-state index in [1.807, 2.05) is 6.08 Å². The van der Waals surface area contributed by atoms with Crippen LogP contribution in [0.15, 0.2) is 34.3 Å². The van der Waals surface area contributed by atoms with E-state index in [0.29, 0.717) is 5.57 Å². The van der Waals surface area contributed by atoms with Gasteiger partial charge in [0.25, 0.3) is 0 Å². The number of carbonyl (C=O) groups excluding carboxylic acids is 1. The number of nitrogens with two attached hydrogens (primary N) is 1. The van der Waals surface area contributed by atoms with Gasteiger partial charge in [0.1, 0.15) is 0 Å². The van der Waals surface area contributed by atoms with Crippen molar-refractivity contribution in [2.75, 3.05) is 0 Å². The largest absolute Gasteiger partial charge is 0.488 e. The van der Waals surface area contributed by atoms with Crippen LogP contribution in [0.3, 0.4) is 0 Å². The summed E-state index contributed by atoms with van der Waals surface area (Å²) in [5, 5.41) is 1.74. The first kappa shape index (κ1) is 7.49. The minimum Gasteiger partial charge on any atom is -0.488 e. The van der Waals surface area contributed by atoms with Gasteiger partial charge in [-0.15, -0.1) is 0 Å². The molecule has 2 rings (SSSR count). The molecule has 2 aliphatic heterocycles. The molecule has 0 unspecified atom stereocenters. The van der Waals surface area contributed by atoms with Gasteiger partial charge in [0, 0.05) is 4.91 Å².